The quantitative estimate of drug-likeness (QED) is 0.544. The number of aromatic nitrogens is 2. The molecule has 0 unspecified atom stereocenters. The van der Waals surface area contributed by atoms with Crippen LogP contribution in [0.2, 0.25) is 0 Å². The molecule has 4 rings (SSSR count). The molecule has 0 saturated heterocycles. The second-order valence-electron chi connectivity index (χ2n) is 5.97. The molecule has 0 radical (unpaired) electrons. The van der Waals surface area contributed by atoms with Crippen molar-refractivity contribution >= 4 is 17.0 Å². The molecule has 2 aromatic carbocycles. The maximum atomic E-state index is 5.41. The molecular formula is C19H21N5O2. The Morgan fingerprint density at radius 2 is 2.04 bits per heavy atom. The van der Waals surface area contributed by atoms with Crippen molar-refractivity contribution in [2.75, 3.05) is 20.4 Å². The molecule has 7 nitrogen and oxygen atoms in total. The Hall–Kier alpha value is -3.22. The van der Waals surface area contributed by atoms with Gasteiger partial charge in [-0.1, -0.05) is 18.2 Å². The molecule has 26 heavy (non-hydrogen) atoms. The van der Waals surface area contributed by atoms with Crippen molar-refractivity contribution in [1.29, 1.82) is 0 Å². The summed E-state index contributed by atoms with van der Waals surface area (Å²) in [5.41, 5.74) is 3.26. The van der Waals surface area contributed by atoms with Crippen LogP contribution in [-0.4, -0.2) is 35.9 Å². The number of ether oxygens (including phenoxy) is 2. The van der Waals surface area contributed by atoms with Crippen LogP contribution in [0.1, 0.15) is 5.56 Å². The van der Waals surface area contributed by atoms with Crippen LogP contribution in [0.15, 0.2) is 53.8 Å². The van der Waals surface area contributed by atoms with Gasteiger partial charge in [-0.05, 0) is 29.8 Å². The third kappa shape index (κ3) is 3.42. The molecule has 0 saturated carbocycles. The predicted octanol–water partition coefficient (Wildman–Crippen LogP) is 2.13. The van der Waals surface area contributed by atoms with Gasteiger partial charge in [-0.25, -0.2) is 4.98 Å². The van der Waals surface area contributed by atoms with Crippen molar-refractivity contribution in [1.82, 2.24) is 20.2 Å². The van der Waals surface area contributed by atoms with E-state index in [1.54, 1.807) is 7.05 Å². The third-order valence-corrected chi connectivity index (χ3v) is 4.29. The van der Waals surface area contributed by atoms with E-state index in [0.717, 1.165) is 47.1 Å². The molecule has 0 fully saturated rings. The average molecular weight is 351 g/mol. The fourth-order valence-electron chi connectivity index (χ4n) is 2.94. The summed E-state index contributed by atoms with van der Waals surface area (Å²) in [4.78, 5) is 8.68. The van der Waals surface area contributed by atoms with Gasteiger partial charge < -0.3 is 24.7 Å². The van der Waals surface area contributed by atoms with Gasteiger partial charge in [0.2, 0.25) is 6.79 Å². The molecule has 7 heteroatoms. The highest BCUT2D eigenvalue weighted by Gasteiger charge is 2.13. The Balaban J connectivity index is 1.29. The topological polar surface area (TPSA) is 72.7 Å². The minimum atomic E-state index is 0.290. The summed E-state index contributed by atoms with van der Waals surface area (Å²) < 4.78 is 12.9. The number of imidazole rings is 1. The van der Waals surface area contributed by atoms with E-state index in [2.05, 4.69) is 31.2 Å². The Morgan fingerprint density at radius 3 is 2.96 bits per heavy atom. The van der Waals surface area contributed by atoms with Crippen molar-refractivity contribution in [3.05, 3.63) is 54.4 Å². The fraction of sp³-hybridized carbons (Fsp3) is 0.263. The Bertz CT molecular complexity index is 935. The molecule has 0 bridgehead atoms. The van der Waals surface area contributed by atoms with Crippen LogP contribution in [0.3, 0.4) is 0 Å². The monoisotopic (exact) mass is 351 g/mol. The van der Waals surface area contributed by atoms with Gasteiger partial charge in [0, 0.05) is 26.7 Å². The van der Waals surface area contributed by atoms with E-state index in [0.29, 0.717) is 13.3 Å². The van der Waals surface area contributed by atoms with Gasteiger partial charge in [-0.2, -0.15) is 0 Å². The van der Waals surface area contributed by atoms with Crippen LogP contribution in [-0.2, 0) is 13.1 Å². The number of benzene rings is 2. The average Bonchev–Trinajstić information content (AvgIpc) is 3.31. The van der Waals surface area contributed by atoms with Crippen molar-refractivity contribution < 1.29 is 9.47 Å². The number of hydrogen-bond acceptors (Lipinski definition) is 4. The van der Waals surface area contributed by atoms with Crippen molar-refractivity contribution in [3.8, 4) is 11.5 Å². The molecule has 2 heterocycles. The standard InChI is InChI=1S/C19H21N5O2/c1-20-19(22-11-14-6-7-17-18(10-14)26-13-25-17)21-8-9-24-12-23-15-4-2-3-5-16(15)24/h2-7,10,12H,8-9,11,13H2,1H3,(H2,20,21,22). The summed E-state index contributed by atoms with van der Waals surface area (Å²) in [6, 6.07) is 14.1. The summed E-state index contributed by atoms with van der Waals surface area (Å²) >= 11 is 0. The Kier molecular flexibility index (Phi) is 4.59. The molecule has 3 aromatic rings. The van der Waals surface area contributed by atoms with Gasteiger partial charge in [0.1, 0.15) is 0 Å². The first-order valence-corrected chi connectivity index (χ1v) is 8.56. The van der Waals surface area contributed by atoms with Crippen LogP contribution in [0.25, 0.3) is 11.0 Å². The number of fused-ring (bicyclic) bond motifs is 2. The third-order valence-electron chi connectivity index (χ3n) is 4.29. The molecule has 2 N–H and O–H groups in total. The second kappa shape index (κ2) is 7.35. The van der Waals surface area contributed by atoms with E-state index in [-0.39, 0.29) is 0 Å². The number of aliphatic imine (C=N–C) groups is 1. The van der Waals surface area contributed by atoms with Crippen LogP contribution in [0.5, 0.6) is 11.5 Å². The number of guanidine groups is 1. The zero-order valence-electron chi connectivity index (χ0n) is 14.6. The highest BCUT2D eigenvalue weighted by molar-refractivity contribution is 5.79. The number of nitrogens with one attached hydrogen (secondary N) is 2. The van der Waals surface area contributed by atoms with Crippen LogP contribution < -0.4 is 20.1 Å². The Morgan fingerprint density at radius 1 is 1.15 bits per heavy atom. The Labute approximate surface area is 151 Å². The maximum absolute atomic E-state index is 5.41. The van der Waals surface area contributed by atoms with Gasteiger partial charge in [0.15, 0.2) is 17.5 Å². The molecule has 1 aliphatic heterocycles. The smallest absolute Gasteiger partial charge is 0.231 e. The maximum Gasteiger partial charge on any atom is 0.231 e. The van der Waals surface area contributed by atoms with Gasteiger partial charge in [-0.3, -0.25) is 4.99 Å². The SMILES string of the molecule is CN=C(NCCn1cnc2ccccc21)NCc1ccc2c(c1)OCO2. The summed E-state index contributed by atoms with van der Waals surface area (Å²) in [5, 5.41) is 6.64. The van der Waals surface area contributed by atoms with Crippen LogP contribution in [0.4, 0.5) is 0 Å². The van der Waals surface area contributed by atoms with E-state index in [9.17, 15) is 0 Å². The van der Waals surface area contributed by atoms with Crippen molar-refractivity contribution in [2.24, 2.45) is 4.99 Å². The molecular weight excluding hydrogens is 330 g/mol. The van der Waals surface area contributed by atoms with Crippen LogP contribution >= 0.6 is 0 Å². The van der Waals surface area contributed by atoms with Crippen LogP contribution in [0, 0.1) is 0 Å². The highest BCUT2D eigenvalue weighted by atomic mass is 16.7. The van der Waals surface area contributed by atoms with Crippen molar-refractivity contribution in [3.63, 3.8) is 0 Å². The largest absolute Gasteiger partial charge is 0.454 e. The van der Waals surface area contributed by atoms with E-state index in [1.807, 2.05) is 42.7 Å². The van der Waals surface area contributed by atoms with Crippen molar-refractivity contribution in [2.45, 2.75) is 13.1 Å². The molecule has 1 aliphatic rings. The lowest BCUT2D eigenvalue weighted by atomic mass is 10.2. The number of rotatable bonds is 5. The summed E-state index contributed by atoms with van der Waals surface area (Å²) in [7, 11) is 1.77. The number of hydrogen-bond donors (Lipinski definition) is 2. The summed E-state index contributed by atoms with van der Waals surface area (Å²) in [6.07, 6.45) is 1.87. The summed E-state index contributed by atoms with van der Waals surface area (Å²) in [6.45, 7) is 2.51. The van der Waals surface area contributed by atoms with Gasteiger partial charge in [0.25, 0.3) is 0 Å². The second-order valence-corrected chi connectivity index (χ2v) is 5.97. The molecule has 0 amide bonds. The van der Waals surface area contributed by atoms with Gasteiger partial charge in [-0.15, -0.1) is 0 Å². The van der Waals surface area contributed by atoms with E-state index in [4.69, 9.17) is 9.47 Å². The summed E-state index contributed by atoms with van der Waals surface area (Å²) in [5.74, 6) is 2.34. The van der Waals surface area contributed by atoms with E-state index >= 15 is 0 Å². The molecule has 0 aliphatic carbocycles. The number of nitrogens with zero attached hydrogens (tertiary/aromatic N) is 3. The normalized spacial score (nSPS) is 13.2. The highest BCUT2D eigenvalue weighted by Crippen LogP contribution is 2.32. The molecule has 134 valence electrons. The first-order chi connectivity index (χ1) is 12.8. The molecule has 0 atom stereocenters. The number of para-hydroxylation sites is 2. The lowest BCUT2D eigenvalue weighted by Crippen LogP contribution is -2.38. The predicted molar refractivity (Wildman–Crippen MR) is 100 cm³/mol. The fourth-order valence-corrected chi connectivity index (χ4v) is 2.94. The lowest BCUT2D eigenvalue weighted by Gasteiger charge is -2.13. The first kappa shape index (κ1) is 16.3. The first-order valence-electron chi connectivity index (χ1n) is 8.56. The lowest BCUT2D eigenvalue weighted by molar-refractivity contribution is 0.174. The minimum Gasteiger partial charge on any atom is -0.454 e. The van der Waals surface area contributed by atoms with Gasteiger partial charge >= 0.3 is 0 Å². The minimum absolute atomic E-state index is 0.290. The zero-order chi connectivity index (χ0) is 17.8. The molecule has 0 spiro atoms. The zero-order valence-corrected chi connectivity index (χ0v) is 14.6. The van der Waals surface area contributed by atoms with E-state index < -0.39 is 0 Å². The molecule has 1 aromatic heterocycles. The van der Waals surface area contributed by atoms with Gasteiger partial charge in [0.05, 0.1) is 17.4 Å². The van der Waals surface area contributed by atoms with E-state index in [1.165, 1.54) is 0 Å².